The molecule has 162 valence electrons. The quantitative estimate of drug-likeness (QED) is 0.456. The van der Waals surface area contributed by atoms with Gasteiger partial charge in [-0.1, -0.05) is 42.5 Å². The van der Waals surface area contributed by atoms with Gasteiger partial charge in [0.25, 0.3) is 5.89 Å². The normalized spacial score (nSPS) is 14.7. The van der Waals surface area contributed by atoms with E-state index in [9.17, 15) is 9.18 Å². The molecule has 2 aromatic carbocycles. The minimum Gasteiger partial charge on any atom is -0.419 e. The minimum atomic E-state index is -0.258. The Bertz CT molecular complexity index is 1240. The van der Waals surface area contributed by atoms with Gasteiger partial charge in [0, 0.05) is 37.0 Å². The van der Waals surface area contributed by atoms with Gasteiger partial charge in [-0.15, -0.1) is 10.2 Å². The summed E-state index contributed by atoms with van der Waals surface area (Å²) in [7, 11) is 0. The summed E-state index contributed by atoms with van der Waals surface area (Å²) in [6.07, 6.45) is 3.98. The van der Waals surface area contributed by atoms with Crippen LogP contribution < -0.4 is 0 Å². The Morgan fingerprint density at radius 2 is 1.81 bits per heavy atom. The van der Waals surface area contributed by atoms with Crippen molar-refractivity contribution in [3.8, 4) is 11.6 Å². The first kappa shape index (κ1) is 20.3. The lowest BCUT2D eigenvalue weighted by Crippen LogP contribution is -2.38. The third-order valence-corrected chi connectivity index (χ3v) is 6.08. The van der Waals surface area contributed by atoms with Crippen molar-refractivity contribution in [3.05, 3.63) is 78.1 Å². The molecule has 6 nitrogen and oxygen atoms in total. The highest BCUT2D eigenvalue weighted by molar-refractivity contribution is 5.92. The van der Waals surface area contributed by atoms with Crippen LogP contribution in [0.2, 0.25) is 0 Å². The van der Waals surface area contributed by atoms with Crippen molar-refractivity contribution in [1.29, 1.82) is 0 Å². The van der Waals surface area contributed by atoms with E-state index in [2.05, 4.69) is 15.2 Å². The van der Waals surface area contributed by atoms with Crippen molar-refractivity contribution in [2.24, 2.45) is 0 Å². The number of fused-ring (bicyclic) bond motifs is 1. The predicted octanol–water partition coefficient (Wildman–Crippen LogP) is 4.76. The van der Waals surface area contributed by atoms with E-state index in [-0.39, 0.29) is 17.6 Å². The van der Waals surface area contributed by atoms with Crippen LogP contribution in [0.1, 0.15) is 36.6 Å². The monoisotopic (exact) mass is 430 g/mol. The van der Waals surface area contributed by atoms with Gasteiger partial charge >= 0.3 is 0 Å². The molecule has 0 saturated carbocycles. The number of rotatable bonds is 5. The molecule has 0 atom stereocenters. The summed E-state index contributed by atoms with van der Waals surface area (Å²) in [5.74, 6) is 0.917. The summed E-state index contributed by atoms with van der Waals surface area (Å²) >= 11 is 0. The number of carbonyl (C=O) groups is 1. The van der Waals surface area contributed by atoms with Gasteiger partial charge in [-0.25, -0.2) is 4.39 Å². The van der Waals surface area contributed by atoms with Crippen molar-refractivity contribution >= 4 is 16.7 Å². The van der Waals surface area contributed by atoms with Crippen LogP contribution in [0.5, 0.6) is 0 Å². The topological polar surface area (TPSA) is 72.1 Å². The first-order chi connectivity index (χ1) is 15.7. The molecule has 0 unspecified atom stereocenters. The number of halogens is 1. The number of aromatic nitrogens is 3. The van der Waals surface area contributed by atoms with Crippen LogP contribution in [-0.2, 0) is 11.2 Å². The molecular weight excluding hydrogens is 407 g/mol. The smallest absolute Gasteiger partial charge is 0.266 e. The van der Waals surface area contributed by atoms with E-state index < -0.39 is 0 Å². The number of hydrogen-bond donors (Lipinski definition) is 0. The fraction of sp³-hybridized carbons (Fsp3) is 0.280. The average Bonchev–Trinajstić information content (AvgIpc) is 3.33. The lowest BCUT2D eigenvalue weighted by molar-refractivity contribution is -0.132. The van der Waals surface area contributed by atoms with E-state index >= 15 is 0 Å². The van der Waals surface area contributed by atoms with E-state index in [1.165, 1.54) is 6.07 Å². The first-order valence-electron chi connectivity index (χ1n) is 10.9. The number of carbonyl (C=O) groups excluding carboxylic acids is 1. The molecule has 1 amide bonds. The Balaban J connectivity index is 1.21. The highest BCUT2D eigenvalue weighted by atomic mass is 19.1. The van der Waals surface area contributed by atoms with Crippen LogP contribution in [0.15, 0.2) is 65.2 Å². The van der Waals surface area contributed by atoms with Gasteiger partial charge in [-0.05, 0) is 42.3 Å². The summed E-state index contributed by atoms with van der Waals surface area (Å²) in [6.45, 7) is 1.26. The number of likely N-dealkylation sites (tertiary alicyclic amines) is 1. The van der Waals surface area contributed by atoms with Gasteiger partial charge in [0.1, 0.15) is 11.5 Å². The van der Waals surface area contributed by atoms with Gasteiger partial charge in [0.2, 0.25) is 11.8 Å². The van der Waals surface area contributed by atoms with Crippen LogP contribution in [-0.4, -0.2) is 39.1 Å². The second-order valence-corrected chi connectivity index (χ2v) is 8.07. The van der Waals surface area contributed by atoms with Crippen molar-refractivity contribution in [3.63, 3.8) is 0 Å². The highest BCUT2D eigenvalue weighted by Gasteiger charge is 2.28. The zero-order chi connectivity index (χ0) is 21.9. The summed E-state index contributed by atoms with van der Waals surface area (Å²) in [5.41, 5.74) is 1.26. The SMILES string of the molecule is O=C(CCc1ccccc1F)N1CCC(c2nnc(-c3nccc4ccccc34)o2)CC1. The number of hydrogen-bond acceptors (Lipinski definition) is 5. The van der Waals surface area contributed by atoms with E-state index in [1.807, 2.05) is 35.2 Å². The molecule has 1 saturated heterocycles. The van der Waals surface area contributed by atoms with E-state index in [4.69, 9.17) is 4.42 Å². The van der Waals surface area contributed by atoms with Gasteiger partial charge in [0.05, 0.1) is 0 Å². The Labute approximate surface area is 185 Å². The molecule has 5 rings (SSSR count). The lowest BCUT2D eigenvalue weighted by Gasteiger charge is -2.30. The fourth-order valence-electron chi connectivity index (χ4n) is 4.26. The predicted molar refractivity (Wildman–Crippen MR) is 118 cm³/mol. The number of benzene rings is 2. The largest absolute Gasteiger partial charge is 0.419 e. The summed E-state index contributed by atoms with van der Waals surface area (Å²) in [4.78, 5) is 18.9. The van der Waals surface area contributed by atoms with Crippen molar-refractivity contribution in [2.75, 3.05) is 13.1 Å². The van der Waals surface area contributed by atoms with E-state index in [0.717, 1.165) is 23.6 Å². The molecular formula is C25H23FN4O2. The average molecular weight is 430 g/mol. The highest BCUT2D eigenvalue weighted by Crippen LogP contribution is 2.31. The molecule has 7 heteroatoms. The van der Waals surface area contributed by atoms with Crippen LogP contribution in [0.25, 0.3) is 22.4 Å². The number of nitrogens with zero attached hydrogens (tertiary/aromatic N) is 4. The van der Waals surface area contributed by atoms with Gasteiger partial charge < -0.3 is 9.32 Å². The molecule has 0 spiro atoms. The van der Waals surface area contributed by atoms with Crippen LogP contribution in [0, 0.1) is 5.82 Å². The molecule has 3 heterocycles. The second-order valence-electron chi connectivity index (χ2n) is 8.07. The maximum Gasteiger partial charge on any atom is 0.266 e. The van der Waals surface area contributed by atoms with Crippen molar-refractivity contribution in [1.82, 2.24) is 20.1 Å². The Morgan fingerprint density at radius 3 is 2.66 bits per heavy atom. The third-order valence-electron chi connectivity index (χ3n) is 6.08. The Kier molecular flexibility index (Phi) is 5.62. The molecule has 1 aliphatic heterocycles. The number of piperidine rings is 1. The second kappa shape index (κ2) is 8.86. The Morgan fingerprint density at radius 1 is 1.03 bits per heavy atom. The molecule has 0 bridgehead atoms. The van der Waals surface area contributed by atoms with Crippen molar-refractivity contribution < 1.29 is 13.6 Å². The zero-order valence-electron chi connectivity index (χ0n) is 17.6. The minimum absolute atomic E-state index is 0.0536. The van der Waals surface area contributed by atoms with Crippen molar-refractivity contribution in [2.45, 2.75) is 31.6 Å². The number of pyridine rings is 1. The zero-order valence-corrected chi connectivity index (χ0v) is 17.6. The molecule has 0 aliphatic carbocycles. The lowest BCUT2D eigenvalue weighted by atomic mass is 9.96. The summed E-state index contributed by atoms with van der Waals surface area (Å²) in [6, 6.07) is 16.5. The molecule has 0 N–H and O–H groups in total. The van der Waals surface area contributed by atoms with Crippen LogP contribution in [0.4, 0.5) is 4.39 Å². The summed E-state index contributed by atoms with van der Waals surface area (Å²) in [5, 5.41) is 10.6. The molecule has 0 radical (unpaired) electrons. The Hall–Kier alpha value is -3.61. The number of amides is 1. The maximum atomic E-state index is 13.8. The van der Waals surface area contributed by atoms with Crippen LogP contribution >= 0.6 is 0 Å². The first-order valence-corrected chi connectivity index (χ1v) is 10.9. The standard InChI is InChI=1S/C25H23FN4O2/c26-21-8-4-2-6-18(21)9-10-22(31)30-15-12-19(13-16-30)24-28-29-25(32-24)23-20-7-3-1-5-17(20)11-14-27-23/h1-8,11,14,19H,9-10,12-13,15-16H2. The molecule has 32 heavy (non-hydrogen) atoms. The third kappa shape index (κ3) is 4.10. The van der Waals surface area contributed by atoms with Gasteiger partial charge in [-0.3, -0.25) is 9.78 Å². The molecule has 1 fully saturated rings. The van der Waals surface area contributed by atoms with E-state index in [1.54, 1.807) is 24.4 Å². The number of aryl methyl sites for hydroxylation is 1. The van der Waals surface area contributed by atoms with Crippen LogP contribution in [0.3, 0.4) is 0 Å². The molecule has 1 aliphatic rings. The molecule has 2 aromatic heterocycles. The summed E-state index contributed by atoms with van der Waals surface area (Å²) < 4.78 is 19.8. The van der Waals surface area contributed by atoms with Gasteiger partial charge in [-0.2, -0.15) is 0 Å². The van der Waals surface area contributed by atoms with Gasteiger partial charge in [0.15, 0.2) is 0 Å². The molecule has 4 aromatic rings. The van der Waals surface area contributed by atoms with E-state index in [0.29, 0.717) is 49.0 Å². The maximum absolute atomic E-state index is 13.8. The fourth-order valence-corrected chi connectivity index (χ4v) is 4.26.